The highest BCUT2D eigenvalue weighted by atomic mass is 35.5. The van der Waals surface area contributed by atoms with Gasteiger partial charge in [-0.1, -0.05) is 54.1 Å². The first kappa shape index (κ1) is 21.2. The number of ether oxygens (including phenoxy) is 1. The van der Waals surface area contributed by atoms with Crippen molar-refractivity contribution in [2.45, 2.75) is 13.2 Å². The van der Waals surface area contributed by atoms with E-state index in [0.29, 0.717) is 28.7 Å². The van der Waals surface area contributed by atoms with Gasteiger partial charge in [0.2, 0.25) is 0 Å². The lowest BCUT2D eigenvalue weighted by Gasteiger charge is -2.06. The number of aromatic nitrogens is 2. The van der Waals surface area contributed by atoms with E-state index in [-0.39, 0.29) is 5.91 Å². The number of hydrogen-bond acceptors (Lipinski definition) is 4. The Balaban J connectivity index is 1.21. The number of anilines is 1. The number of thiophene rings is 1. The van der Waals surface area contributed by atoms with Crippen molar-refractivity contribution >= 4 is 45.3 Å². The normalized spacial score (nSPS) is 10.9. The second kappa shape index (κ2) is 9.48. The van der Waals surface area contributed by atoms with Gasteiger partial charge in [0.05, 0.1) is 23.3 Å². The Bertz CT molecular complexity index is 1400. The Morgan fingerprint density at radius 3 is 2.76 bits per heavy atom. The summed E-state index contributed by atoms with van der Waals surface area (Å²) in [5.41, 5.74) is 2.78. The van der Waals surface area contributed by atoms with Crippen LogP contribution in [0.3, 0.4) is 0 Å². The molecule has 7 heteroatoms. The maximum atomic E-state index is 12.7. The predicted molar refractivity (Wildman–Crippen MR) is 133 cm³/mol. The molecular formula is C26H20ClN3O2S. The second-order valence-corrected chi connectivity index (χ2v) is 8.93. The lowest BCUT2D eigenvalue weighted by Crippen LogP contribution is -2.09. The van der Waals surface area contributed by atoms with Gasteiger partial charge in [0.15, 0.2) is 0 Å². The molecule has 0 radical (unpaired) electrons. The van der Waals surface area contributed by atoms with Gasteiger partial charge in [0.25, 0.3) is 5.91 Å². The molecule has 5 rings (SSSR count). The van der Waals surface area contributed by atoms with Gasteiger partial charge < -0.3 is 10.1 Å². The molecule has 0 atom stereocenters. The average molecular weight is 474 g/mol. The summed E-state index contributed by atoms with van der Waals surface area (Å²) < 4.78 is 7.58. The minimum Gasteiger partial charge on any atom is -0.489 e. The third kappa shape index (κ3) is 5.08. The summed E-state index contributed by atoms with van der Waals surface area (Å²) >= 11 is 7.28. The zero-order valence-electron chi connectivity index (χ0n) is 17.6. The lowest BCUT2D eigenvalue weighted by molar-refractivity contribution is 0.103. The highest BCUT2D eigenvalue weighted by Gasteiger charge is 2.12. The quantitative estimate of drug-likeness (QED) is 0.288. The molecule has 2 aromatic heterocycles. The van der Waals surface area contributed by atoms with Gasteiger partial charge in [-0.25, -0.2) is 0 Å². The largest absolute Gasteiger partial charge is 0.489 e. The monoisotopic (exact) mass is 473 g/mol. The summed E-state index contributed by atoms with van der Waals surface area (Å²) in [6.07, 6.45) is 3.51. The van der Waals surface area contributed by atoms with Crippen LogP contribution in [0.25, 0.3) is 10.8 Å². The molecule has 0 fully saturated rings. The maximum Gasteiger partial charge on any atom is 0.265 e. The SMILES string of the molecule is O=C(Nc1cnn(Cc2cccc3ccccc23)c1)c1cc(COc2ccc(Cl)cc2)cs1. The number of benzene rings is 3. The number of nitrogens with zero attached hydrogens (tertiary/aromatic N) is 2. The van der Waals surface area contributed by atoms with Gasteiger partial charge in [-0.15, -0.1) is 11.3 Å². The van der Waals surface area contributed by atoms with Crippen LogP contribution in [-0.2, 0) is 13.2 Å². The minimum absolute atomic E-state index is 0.164. The van der Waals surface area contributed by atoms with Gasteiger partial charge in [-0.05, 0) is 52.0 Å². The van der Waals surface area contributed by atoms with Crippen molar-refractivity contribution in [3.8, 4) is 5.75 Å². The average Bonchev–Trinajstić information content (AvgIpc) is 3.49. The molecule has 164 valence electrons. The van der Waals surface area contributed by atoms with Crippen molar-refractivity contribution in [3.63, 3.8) is 0 Å². The molecule has 5 aromatic rings. The standard InChI is InChI=1S/C26H20ClN3O2S/c27-21-8-10-23(11-9-21)32-16-18-12-25(33-17-18)26(31)29-22-13-28-30(15-22)14-20-6-3-5-19-4-1-2-7-24(19)20/h1-13,15,17H,14,16H2,(H,29,31). The Kier molecular flexibility index (Phi) is 6.11. The number of carbonyl (C=O) groups is 1. The van der Waals surface area contributed by atoms with Crippen molar-refractivity contribution in [2.75, 3.05) is 5.32 Å². The van der Waals surface area contributed by atoms with Crippen LogP contribution in [0.1, 0.15) is 20.8 Å². The van der Waals surface area contributed by atoms with Crippen LogP contribution in [-0.4, -0.2) is 15.7 Å². The third-order valence-corrected chi connectivity index (χ3v) is 6.43. The molecule has 0 aliphatic rings. The summed E-state index contributed by atoms with van der Waals surface area (Å²) in [4.78, 5) is 13.3. The highest BCUT2D eigenvalue weighted by Crippen LogP contribution is 2.22. The molecule has 1 amide bonds. The van der Waals surface area contributed by atoms with Gasteiger partial charge in [-0.3, -0.25) is 9.48 Å². The van der Waals surface area contributed by atoms with Gasteiger partial charge in [-0.2, -0.15) is 5.10 Å². The molecule has 0 saturated heterocycles. The summed E-state index contributed by atoms with van der Waals surface area (Å²) in [7, 11) is 0. The fourth-order valence-electron chi connectivity index (χ4n) is 3.58. The predicted octanol–water partition coefficient (Wildman–Crippen LogP) is 6.63. The molecule has 0 spiro atoms. The smallest absolute Gasteiger partial charge is 0.265 e. The number of nitrogens with one attached hydrogen (secondary N) is 1. The molecule has 2 heterocycles. The lowest BCUT2D eigenvalue weighted by atomic mass is 10.0. The Labute approximate surface area is 200 Å². The van der Waals surface area contributed by atoms with E-state index in [2.05, 4.69) is 40.7 Å². The molecule has 1 N–H and O–H groups in total. The van der Waals surface area contributed by atoms with Crippen molar-refractivity contribution in [1.29, 1.82) is 0 Å². The minimum atomic E-state index is -0.164. The molecule has 33 heavy (non-hydrogen) atoms. The first-order valence-corrected chi connectivity index (χ1v) is 11.7. The topological polar surface area (TPSA) is 56.2 Å². The van der Waals surface area contributed by atoms with E-state index in [9.17, 15) is 4.79 Å². The number of halogens is 1. The summed E-state index contributed by atoms with van der Waals surface area (Å²) in [5.74, 6) is 0.567. The van der Waals surface area contributed by atoms with Gasteiger partial charge in [0, 0.05) is 16.8 Å². The number of rotatable bonds is 7. The van der Waals surface area contributed by atoms with E-state index in [1.807, 2.05) is 46.6 Å². The molecule has 3 aromatic carbocycles. The van der Waals surface area contributed by atoms with Crippen LogP contribution in [0.4, 0.5) is 5.69 Å². The molecule has 0 unspecified atom stereocenters. The van der Waals surface area contributed by atoms with E-state index < -0.39 is 0 Å². The molecule has 0 saturated carbocycles. The van der Waals surface area contributed by atoms with E-state index >= 15 is 0 Å². The van der Waals surface area contributed by atoms with Crippen molar-refractivity contribution < 1.29 is 9.53 Å². The Morgan fingerprint density at radius 2 is 1.88 bits per heavy atom. The molecule has 0 bridgehead atoms. The Hall–Kier alpha value is -3.61. The molecular weight excluding hydrogens is 454 g/mol. The number of fused-ring (bicyclic) bond motifs is 1. The van der Waals surface area contributed by atoms with E-state index in [1.54, 1.807) is 18.3 Å². The molecule has 5 nitrogen and oxygen atoms in total. The van der Waals surface area contributed by atoms with Crippen LogP contribution < -0.4 is 10.1 Å². The first-order chi connectivity index (χ1) is 16.1. The van der Waals surface area contributed by atoms with Crippen molar-refractivity contribution in [2.24, 2.45) is 0 Å². The second-order valence-electron chi connectivity index (χ2n) is 7.58. The third-order valence-electron chi connectivity index (χ3n) is 5.20. The van der Waals surface area contributed by atoms with Crippen molar-refractivity contribution in [3.05, 3.63) is 112 Å². The van der Waals surface area contributed by atoms with Crippen LogP contribution in [0.5, 0.6) is 5.75 Å². The van der Waals surface area contributed by atoms with Crippen LogP contribution in [0, 0.1) is 0 Å². The van der Waals surface area contributed by atoms with E-state index in [4.69, 9.17) is 16.3 Å². The first-order valence-electron chi connectivity index (χ1n) is 10.4. The maximum absolute atomic E-state index is 12.7. The van der Waals surface area contributed by atoms with E-state index in [1.165, 1.54) is 27.7 Å². The summed E-state index contributed by atoms with van der Waals surface area (Å²) in [6.45, 7) is 1.01. The zero-order valence-corrected chi connectivity index (χ0v) is 19.1. The summed E-state index contributed by atoms with van der Waals surface area (Å²) in [5, 5.41) is 12.3. The van der Waals surface area contributed by atoms with Crippen LogP contribution >= 0.6 is 22.9 Å². The molecule has 0 aliphatic carbocycles. The fourth-order valence-corrected chi connectivity index (χ4v) is 4.50. The number of hydrogen-bond donors (Lipinski definition) is 1. The van der Waals surface area contributed by atoms with Crippen molar-refractivity contribution in [1.82, 2.24) is 9.78 Å². The molecule has 0 aliphatic heterocycles. The summed E-state index contributed by atoms with van der Waals surface area (Å²) in [6, 6.07) is 23.6. The van der Waals surface area contributed by atoms with Crippen LogP contribution in [0.15, 0.2) is 90.6 Å². The van der Waals surface area contributed by atoms with E-state index in [0.717, 1.165) is 11.3 Å². The number of carbonyl (C=O) groups excluding carboxylic acids is 1. The number of amides is 1. The Morgan fingerprint density at radius 1 is 1.06 bits per heavy atom. The zero-order chi connectivity index (χ0) is 22.6. The fraction of sp³-hybridized carbons (Fsp3) is 0.0769. The van der Waals surface area contributed by atoms with Gasteiger partial charge in [0.1, 0.15) is 12.4 Å². The van der Waals surface area contributed by atoms with Gasteiger partial charge >= 0.3 is 0 Å². The van der Waals surface area contributed by atoms with Crippen LogP contribution in [0.2, 0.25) is 5.02 Å². The highest BCUT2D eigenvalue weighted by molar-refractivity contribution is 7.12.